The first-order valence-electron chi connectivity index (χ1n) is 11.5. The van der Waals surface area contributed by atoms with E-state index in [0.29, 0.717) is 35.5 Å². The lowest BCUT2D eigenvalue weighted by molar-refractivity contribution is -0.141. The summed E-state index contributed by atoms with van der Waals surface area (Å²) in [6.45, 7) is 0.652. The van der Waals surface area contributed by atoms with Crippen molar-refractivity contribution in [3.8, 4) is 0 Å². The fourth-order valence-electron chi connectivity index (χ4n) is 4.14. The minimum Gasteiger partial charge on any atom is -0.481 e. The molecule has 3 aromatic rings. The van der Waals surface area contributed by atoms with Gasteiger partial charge in [-0.2, -0.15) is 0 Å². The second kappa shape index (κ2) is 10.7. The van der Waals surface area contributed by atoms with E-state index in [-0.39, 0.29) is 30.6 Å². The molecule has 0 unspecified atom stereocenters. The molecule has 2 amide bonds. The molecular weight excluding hydrogens is 458 g/mol. The predicted molar refractivity (Wildman–Crippen MR) is 137 cm³/mol. The maximum atomic E-state index is 13.2. The number of nitrogens with zero attached hydrogens (tertiary/aromatic N) is 1. The Kier molecular flexibility index (Phi) is 7.29. The van der Waals surface area contributed by atoms with Crippen molar-refractivity contribution in [2.75, 3.05) is 17.2 Å². The van der Waals surface area contributed by atoms with Gasteiger partial charge in [0.25, 0.3) is 5.91 Å². The van der Waals surface area contributed by atoms with Gasteiger partial charge >= 0.3 is 5.97 Å². The third-order valence-corrected chi connectivity index (χ3v) is 5.99. The highest BCUT2D eigenvalue weighted by Gasteiger charge is 2.31. The SMILES string of the molecule is N=C(N)c1cccc(NC(=O)c2ccc3c(c2)CN(CCc2ccccc2)C(=O)[C@@H](CC(=O)O)N3)c1. The summed E-state index contributed by atoms with van der Waals surface area (Å²) in [5.74, 6) is -1.82. The number of anilines is 2. The number of amides is 2. The van der Waals surface area contributed by atoms with Crippen LogP contribution in [-0.4, -0.2) is 46.2 Å². The van der Waals surface area contributed by atoms with E-state index in [0.717, 1.165) is 11.1 Å². The summed E-state index contributed by atoms with van der Waals surface area (Å²) in [6.07, 6.45) is 0.267. The van der Waals surface area contributed by atoms with Crippen molar-refractivity contribution < 1.29 is 19.5 Å². The third-order valence-electron chi connectivity index (χ3n) is 5.99. The second-order valence-electron chi connectivity index (χ2n) is 8.61. The summed E-state index contributed by atoms with van der Waals surface area (Å²) in [5, 5.41) is 22.8. The quantitative estimate of drug-likeness (QED) is 0.245. The number of carbonyl (C=O) groups is 3. The smallest absolute Gasteiger partial charge is 0.305 e. The van der Waals surface area contributed by atoms with Gasteiger partial charge in [0.2, 0.25) is 5.91 Å². The second-order valence-corrected chi connectivity index (χ2v) is 8.61. The minimum atomic E-state index is -1.07. The molecular formula is C27H27N5O4. The van der Waals surface area contributed by atoms with E-state index < -0.39 is 12.0 Å². The molecule has 36 heavy (non-hydrogen) atoms. The van der Waals surface area contributed by atoms with Crippen molar-refractivity contribution >= 4 is 35.0 Å². The van der Waals surface area contributed by atoms with Crippen molar-refractivity contribution in [2.24, 2.45) is 5.73 Å². The van der Waals surface area contributed by atoms with Crippen LogP contribution in [0.2, 0.25) is 0 Å². The molecule has 184 valence electrons. The number of amidine groups is 1. The lowest BCUT2D eigenvalue weighted by atomic mass is 10.1. The fraction of sp³-hybridized carbons (Fsp3) is 0.185. The molecule has 0 spiro atoms. The molecule has 0 aromatic heterocycles. The number of carbonyl (C=O) groups excluding carboxylic acids is 2. The number of hydrogen-bond acceptors (Lipinski definition) is 5. The highest BCUT2D eigenvalue weighted by Crippen LogP contribution is 2.26. The zero-order valence-electron chi connectivity index (χ0n) is 19.5. The Labute approximate surface area is 208 Å². The van der Waals surface area contributed by atoms with Crippen molar-refractivity contribution in [3.05, 3.63) is 95.1 Å². The van der Waals surface area contributed by atoms with E-state index in [9.17, 15) is 19.5 Å². The zero-order valence-corrected chi connectivity index (χ0v) is 19.5. The van der Waals surface area contributed by atoms with Crippen LogP contribution in [0.4, 0.5) is 11.4 Å². The molecule has 1 atom stereocenters. The van der Waals surface area contributed by atoms with E-state index >= 15 is 0 Å². The Hall–Kier alpha value is -4.66. The van der Waals surface area contributed by atoms with E-state index in [2.05, 4.69) is 10.6 Å². The molecule has 0 aliphatic carbocycles. The maximum Gasteiger partial charge on any atom is 0.305 e. The molecule has 1 heterocycles. The standard InChI is InChI=1S/C27H27N5O4/c28-25(29)18-7-4-8-21(14-18)30-26(35)19-9-10-22-20(13-19)16-32(12-11-17-5-2-1-3-6-17)27(36)23(31-22)15-24(33)34/h1-10,13-14,23,31H,11-12,15-16H2,(H3,28,29)(H,30,35)(H,33,34)/t23-/m1/s1. The van der Waals surface area contributed by atoms with Crippen LogP contribution in [0.25, 0.3) is 0 Å². The van der Waals surface area contributed by atoms with Crippen LogP contribution in [0.3, 0.4) is 0 Å². The van der Waals surface area contributed by atoms with Gasteiger partial charge in [-0.05, 0) is 47.9 Å². The monoisotopic (exact) mass is 485 g/mol. The number of nitrogens with two attached hydrogens (primary N) is 1. The van der Waals surface area contributed by atoms with E-state index in [4.69, 9.17) is 11.1 Å². The third kappa shape index (κ3) is 5.87. The number of carboxylic acids is 1. The molecule has 0 saturated heterocycles. The number of aliphatic carboxylic acids is 1. The average Bonchev–Trinajstić information content (AvgIpc) is 2.99. The molecule has 4 rings (SSSR count). The molecule has 3 aromatic carbocycles. The zero-order chi connectivity index (χ0) is 25.7. The molecule has 1 aliphatic rings. The molecule has 9 nitrogen and oxygen atoms in total. The summed E-state index contributed by atoms with van der Waals surface area (Å²) in [7, 11) is 0. The lowest BCUT2D eigenvalue weighted by Crippen LogP contribution is -2.42. The van der Waals surface area contributed by atoms with Crippen molar-refractivity contribution in [1.29, 1.82) is 5.41 Å². The van der Waals surface area contributed by atoms with Crippen LogP contribution in [0, 0.1) is 5.41 Å². The molecule has 6 N–H and O–H groups in total. The van der Waals surface area contributed by atoms with Crippen molar-refractivity contribution in [1.82, 2.24) is 4.90 Å². The largest absolute Gasteiger partial charge is 0.481 e. The van der Waals surface area contributed by atoms with Gasteiger partial charge in [0.15, 0.2) is 0 Å². The van der Waals surface area contributed by atoms with Crippen LogP contribution in [0.15, 0.2) is 72.8 Å². The Morgan fingerprint density at radius 1 is 1.06 bits per heavy atom. The van der Waals surface area contributed by atoms with Gasteiger partial charge in [-0.3, -0.25) is 19.8 Å². The number of nitrogen functional groups attached to an aromatic ring is 1. The van der Waals surface area contributed by atoms with Gasteiger partial charge in [-0.1, -0.05) is 42.5 Å². The highest BCUT2D eigenvalue weighted by atomic mass is 16.4. The van der Waals surface area contributed by atoms with Gasteiger partial charge in [0.05, 0.1) is 6.42 Å². The number of fused-ring (bicyclic) bond motifs is 1. The first-order valence-corrected chi connectivity index (χ1v) is 11.5. The van der Waals surface area contributed by atoms with Gasteiger partial charge < -0.3 is 26.4 Å². The molecule has 1 aliphatic heterocycles. The summed E-state index contributed by atoms with van der Waals surface area (Å²) in [5.41, 5.74) is 9.32. The molecule has 0 fully saturated rings. The van der Waals surface area contributed by atoms with E-state index in [1.165, 1.54) is 0 Å². The first kappa shape index (κ1) is 24.5. The summed E-state index contributed by atoms with van der Waals surface area (Å²) >= 11 is 0. The minimum absolute atomic E-state index is 0.0987. The molecule has 0 bridgehead atoms. The molecule has 9 heteroatoms. The normalized spacial score (nSPS) is 14.8. The Morgan fingerprint density at radius 2 is 1.83 bits per heavy atom. The Morgan fingerprint density at radius 3 is 2.56 bits per heavy atom. The van der Waals surface area contributed by atoms with Crippen molar-refractivity contribution in [2.45, 2.75) is 25.4 Å². The Balaban J connectivity index is 1.57. The topological polar surface area (TPSA) is 149 Å². The summed E-state index contributed by atoms with van der Waals surface area (Å²) in [6, 6.07) is 20.6. The number of hydrogen-bond donors (Lipinski definition) is 5. The fourth-order valence-corrected chi connectivity index (χ4v) is 4.14. The van der Waals surface area contributed by atoms with Gasteiger partial charge in [-0.15, -0.1) is 0 Å². The van der Waals surface area contributed by atoms with E-state index in [1.54, 1.807) is 47.4 Å². The van der Waals surface area contributed by atoms with Crippen LogP contribution in [0.5, 0.6) is 0 Å². The number of nitrogens with one attached hydrogen (secondary N) is 3. The van der Waals surface area contributed by atoms with Crippen LogP contribution < -0.4 is 16.4 Å². The Bertz CT molecular complexity index is 1310. The first-order chi connectivity index (χ1) is 17.3. The van der Waals surface area contributed by atoms with Gasteiger partial charge in [0, 0.05) is 35.6 Å². The highest BCUT2D eigenvalue weighted by molar-refractivity contribution is 6.05. The van der Waals surface area contributed by atoms with Crippen molar-refractivity contribution in [3.63, 3.8) is 0 Å². The van der Waals surface area contributed by atoms with Crippen LogP contribution >= 0.6 is 0 Å². The van der Waals surface area contributed by atoms with Crippen LogP contribution in [0.1, 0.15) is 33.5 Å². The molecule has 0 saturated carbocycles. The lowest BCUT2D eigenvalue weighted by Gasteiger charge is -2.24. The summed E-state index contributed by atoms with van der Waals surface area (Å²) < 4.78 is 0. The van der Waals surface area contributed by atoms with Gasteiger partial charge in [-0.25, -0.2) is 0 Å². The maximum absolute atomic E-state index is 13.2. The number of carboxylic acid groups (broad SMARTS) is 1. The van der Waals surface area contributed by atoms with E-state index in [1.807, 2.05) is 30.3 Å². The number of benzene rings is 3. The predicted octanol–water partition coefficient (Wildman–Crippen LogP) is 3.06. The molecule has 0 radical (unpaired) electrons. The van der Waals surface area contributed by atoms with Gasteiger partial charge in [0.1, 0.15) is 11.9 Å². The average molecular weight is 486 g/mol. The summed E-state index contributed by atoms with van der Waals surface area (Å²) in [4.78, 5) is 39.2. The van der Waals surface area contributed by atoms with Crippen LogP contribution in [-0.2, 0) is 22.6 Å². The number of rotatable bonds is 8.